The molecule has 0 aromatic heterocycles. The van der Waals surface area contributed by atoms with Crippen LogP contribution in [0.4, 0.5) is 0 Å². The molecule has 0 atom stereocenters. The number of nitrogens with zero attached hydrogens (tertiary/aromatic N) is 4. The molecule has 2 aromatic rings. The Kier molecular flexibility index (Phi) is 4.23. The minimum atomic E-state index is -3.57. The number of hydrogen-bond donors (Lipinski definition) is 0. The SMILES string of the molecule is N#Cc1ccc(CN2CCN(C3=NS(=O)(=O)c4ccccc43)CC2)cc1. The highest BCUT2D eigenvalue weighted by molar-refractivity contribution is 7.90. The van der Waals surface area contributed by atoms with Gasteiger partial charge < -0.3 is 4.90 Å². The van der Waals surface area contributed by atoms with Gasteiger partial charge in [-0.1, -0.05) is 24.3 Å². The Bertz CT molecular complexity index is 999. The molecule has 2 aliphatic rings. The predicted molar refractivity (Wildman–Crippen MR) is 98.2 cm³/mol. The molecule has 0 spiro atoms. The molecule has 26 heavy (non-hydrogen) atoms. The van der Waals surface area contributed by atoms with Crippen molar-refractivity contribution in [2.45, 2.75) is 11.4 Å². The second-order valence-corrected chi connectivity index (χ2v) is 8.03. The summed E-state index contributed by atoms with van der Waals surface area (Å²) in [4.78, 5) is 4.68. The molecule has 1 saturated heterocycles. The minimum absolute atomic E-state index is 0.301. The van der Waals surface area contributed by atoms with Crippen molar-refractivity contribution in [2.24, 2.45) is 4.40 Å². The van der Waals surface area contributed by atoms with E-state index in [9.17, 15) is 8.42 Å². The monoisotopic (exact) mass is 366 g/mol. The van der Waals surface area contributed by atoms with Crippen molar-refractivity contribution in [3.8, 4) is 6.07 Å². The molecule has 0 N–H and O–H groups in total. The molecule has 132 valence electrons. The number of nitriles is 1. The van der Waals surface area contributed by atoms with Gasteiger partial charge in [0.1, 0.15) is 4.90 Å². The van der Waals surface area contributed by atoms with E-state index >= 15 is 0 Å². The van der Waals surface area contributed by atoms with Crippen LogP contribution in [0.1, 0.15) is 16.7 Å². The van der Waals surface area contributed by atoms with E-state index in [2.05, 4.69) is 20.3 Å². The number of hydrogen-bond acceptors (Lipinski definition) is 5. The maximum atomic E-state index is 12.2. The smallest absolute Gasteiger partial charge is 0.285 e. The third-order valence-electron chi connectivity index (χ3n) is 4.77. The topological polar surface area (TPSA) is 76.8 Å². The maximum absolute atomic E-state index is 12.2. The quantitative estimate of drug-likeness (QED) is 0.810. The van der Waals surface area contributed by atoms with E-state index in [4.69, 9.17) is 5.26 Å². The number of benzene rings is 2. The fraction of sp³-hybridized carbons (Fsp3) is 0.263. The van der Waals surface area contributed by atoms with Crippen LogP contribution < -0.4 is 0 Å². The first-order valence-electron chi connectivity index (χ1n) is 8.47. The minimum Gasteiger partial charge on any atom is -0.353 e. The maximum Gasteiger partial charge on any atom is 0.285 e. The summed E-state index contributed by atoms with van der Waals surface area (Å²) >= 11 is 0. The summed E-state index contributed by atoms with van der Waals surface area (Å²) in [6.45, 7) is 3.96. The van der Waals surface area contributed by atoms with Gasteiger partial charge in [0.2, 0.25) is 0 Å². The highest BCUT2D eigenvalue weighted by Gasteiger charge is 2.32. The number of fused-ring (bicyclic) bond motifs is 1. The lowest BCUT2D eigenvalue weighted by Crippen LogP contribution is -2.48. The van der Waals surface area contributed by atoms with Gasteiger partial charge in [0.15, 0.2) is 5.84 Å². The van der Waals surface area contributed by atoms with Crippen LogP contribution in [0.25, 0.3) is 0 Å². The van der Waals surface area contributed by atoms with Gasteiger partial charge in [0, 0.05) is 38.3 Å². The molecule has 7 heteroatoms. The van der Waals surface area contributed by atoms with Gasteiger partial charge in [-0.25, -0.2) is 0 Å². The fourth-order valence-corrected chi connectivity index (χ4v) is 4.60. The van der Waals surface area contributed by atoms with Crippen molar-refractivity contribution in [3.05, 3.63) is 65.2 Å². The lowest BCUT2D eigenvalue weighted by atomic mass is 10.1. The van der Waals surface area contributed by atoms with Crippen molar-refractivity contribution in [3.63, 3.8) is 0 Å². The van der Waals surface area contributed by atoms with Crippen LogP contribution >= 0.6 is 0 Å². The number of piperazine rings is 1. The zero-order valence-corrected chi connectivity index (χ0v) is 15.0. The van der Waals surface area contributed by atoms with Crippen molar-refractivity contribution in [1.82, 2.24) is 9.80 Å². The van der Waals surface area contributed by atoms with Crippen LogP contribution in [0.3, 0.4) is 0 Å². The van der Waals surface area contributed by atoms with Gasteiger partial charge in [-0.3, -0.25) is 4.90 Å². The van der Waals surface area contributed by atoms with Crippen molar-refractivity contribution >= 4 is 15.9 Å². The Balaban J connectivity index is 1.43. The molecule has 4 rings (SSSR count). The third-order valence-corrected chi connectivity index (χ3v) is 6.10. The Morgan fingerprint density at radius 1 is 1.00 bits per heavy atom. The Morgan fingerprint density at radius 2 is 1.69 bits per heavy atom. The van der Waals surface area contributed by atoms with Crippen LogP contribution in [0, 0.1) is 11.3 Å². The molecule has 6 nitrogen and oxygen atoms in total. The summed E-state index contributed by atoms with van der Waals surface area (Å²) in [6.07, 6.45) is 0. The molecule has 1 fully saturated rings. The molecule has 0 radical (unpaired) electrons. The zero-order chi connectivity index (χ0) is 18.1. The second kappa shape index (κ2) is 6.56. The normalized spacial score (nSPS) is 18.9. The highest BCUT2D eigenvalue weighted by atomic mass is 32.2. The average molecular weight is 366 g/mol. The number of sulfonamides is 1. The molecule has 2 aromatic carbocycles. The molecule has 0 amide bonds. The van der Waals surface area contributed by atoms with E-state index in [0.717, 1.165) is 32.7 Å². The Morgan fingerprint density at radius 3 is 2.38 bits per heavy atom. The first-order chi connectivity index (χ1) is 12.6. The van der Waals surface area contributed by atoms with Gasteiger partial charge in [0.25, 0.3) is 10.0 Å². The van der Waals surface area contributed by atoms with Crippen LogP contribution in [0.15, 0.2) is 57.8 Å². The second-order valence-electron chi connectivity index (χ2n) is 6.46. The molecule has 2 heterocycles. The summed E-state index contributed by atoms with van der Waals surface area (Å²) in [5, 5.41) is 8.87. The van der Waals surface area contributed by atoms with Gasteiger partial charge >= 0.3 is 0 Å². The molecular weight excluding hydrogens is 348 g/mol. The molecule has 0 unspecified atom stereocenters. The van der Waals surface area contributed by atoms with Crippen LogP contribution in [0.5, 0.6) is 0 Å². The van der Waals surface area contributed by atoms with Crippen molar-refractivity contribution in [2.75, 3.05) is 26.2 Å². The molecular formula is C19H18N4O2S. The first-order valence-corrected chi connectivity index (χ1v) is 9.91. The van der Waals surface area contributed by atoms with Crippen LogP contribution in [-0.2, 0) is 16.6 Å². The standard InChI is InChI=1S/C19H18N4O2S/c20-13-15-5-7-16(8-6-15)14-22-9-11-23(12-10-22)19-17-3-1-2-4-18(17)26(24,25)21-19/h1-8H,9-12,14H2. The van der Waals surface area contributed by atoms with E-state index in [1.807, 2.05) is 36.4 Å². The van der Waals surface area contributed by atoms with E-state index in [1.54, 1.807) is 12.1 Å². The summed E-state index contributed by atoms with van der Waals surface area (Å²) in [5.74, 6) is 0.568. The van der Waals surface area contributed by atoms with Gasteiger partial charge in [-0.15, -0.1) is 4.40 Å². The highest BCUT2D eigenvalue weighted by Crippen LogP contribution is 2.28. The summed E-state index contributed by atoms with van der Waals surface area (Å²) in [7, 11) is -3.57. The summed E-state index contributed by atoms with van der Waals surface area (Å²) in [5.41, 5.74) is 2.54. The van der Waals surface area contributed by atoms with Crippen LogP contribution in [-0.4, -0.2) is 50.2 Å². The van der Waals surface area contributed by atoms with E-state index in [0.29, 0.717) is 21.9 Å². The third kappa shape index (κ3) is 3.09. The number of rotatable bonds is 2. The molecule has 0 saturated carbocycles. The van der Waals surface area contributed by atoms with Gasteiger partial charge in [-0.05, 0) is 29.8 Å². The molecule has 0 bridgehead atoms. The van der Waals surface area contributed by atoms with Crippen molar-refractivity contribution < 1.29 is 8.42 Å². The molecule has 2 aliphatic heterocycles. The lowest BCUT2D eigenvalue weighted by molar-refractivity contribution is 0.176. The van der Waals surface area contributed by atoms with Gasteiger partial charge in [0.05, 0.1) is 11.6 Å². The predicted octanol–water partition coefficient (Wildman–Crippen LogP) is 1.82. The number of amidine groups is 1. The fourth-order valence-electron chi connectivity index (χ4n) is 3.38. The Hall–Kier alpha value is -2.69. The van der Waals surface area contributed by atoms with Gasteiger partial charge in [-0.2, -0.15) is 13.7 Å². The van der Waals surface area contributed by atoms with Crippen LogP contribution in [0.2, 0.25) is 0 Å². The lowest BCUT2D eigenvalue weighted by Gasteiger charge is -2.35. The van der Waals surface area contributed by atoms with E-state index in [-0.39, 0.29) is 0 Å². The van der Waals surface area contributed by atoms with Crippen molar-refractivity contribution in [1.29, 1.82) is 5.26 Å². The molecule has 0 aliphatic carbocycles. The average Bonchev–Trinajstić information content (AvgIpc) is 2.95. The summed E-state index contributed by atoms with van der Waals surface area (Å²) < 4.78 is 28.4. The summed E-state index contributed by atoms with van der Waals surface area (Å²) in [6, 6.07) is 16.8. The Labute approximate surface area is 153 Å². The zero-order valence-electron chi connectivity index (χ0n) is 14.2. The largest absolute Gasteiger partial charge is 0.353 e. The van der Waals surface area contributed by atoms with E-state index in [1.165, 1.54) is 5.56 Å². The first kappa shape index (κ1) is 16.8. The van der Waals surface area contributed by atoms with E-state index < -0.39 is 10.0 Å².